The lowest BCUT2D eigenvalue weighted by atomic mass is 9.87. The molecule has 0 fully saturated rings. The smallest absolute Gasteiger partial charge is 0.220 e. The van der Waals surface area contributed by atoms with Crippen LogP contribution >= 0.6 is 0 Å². The van der Waals surface area contributed by atoms with E-state index in [1.54, 1.807) is 20.4 Å². The number of hydrogen-bond acceptors (Lipinski definition) is 5. The number of pyridine rings is 1. The van der Waals surface area contributed by atoms with Crippen molar-refractivity contribution in [2.75, 3.05) is 20.8 Å². The van der Waals surface area contributed by atoms with Gasteiger partial charge in [-0.3, -0.25) is 9.78 Å². The standard InChI is InChI=1S/C40H39N3O4/c1-45-33-18-15-29(16-19-33)26-43-27-36(34-13-6-7-14-37(34)43)35(25-40(44)42-23-21-32-12-8-9-22-41-32)31-17-20-38(46-2)39(24-31)47-28-30-10-4-3-5-11-30/h3-20,22,24,27,35H,21,23,25-26,28H2,1-2H3,(H,42,44)/t35-/m0/s1. The van der Waals surface area contributed by atoms with E-state index in [1.807, 2.05) is 78.9 Å². The van der Waals surface area contributed by atoms with Crippen LogP contribution in [0.1, 0.15) is 40.3 Å². The van der Waals surface area contributed by atoms with Gasteiger partial charge in [-0.2, -0.15) is 0 Å². The van der Waals surface area contributed by atoms with Crippen molar-refractivity contribution in [3.8, 4) is 17.2 Å². The van der Waals surface area contributed by atoms with E-state index >= 15 is 0 Å². The number of methoxy groups -OCH3 is 2. The summed E-state index contributed by atoms with van der Waals surface area (Å²) in [5.74, 6) is 1.84. The molecule has 6 aromatic rings. The number of benzene rings is 4. The zero-order chi connectivity index (χ0) is 32.4. The van der Waals surface area contributed by atoms with Gasteiger partial charge >= 0.3 is 0 Å². The van der Waals surface area contributed by atoms with Gasteiger partial charge in [0.25, 0.3) is 0 Å². The lowest BCUT2D eigenvalue weighted by molar-refractivity contribution is -0.121. The molecule has 7 heteroatoms. The van der Waals surface area contributed by atoms with Crippen LogP contribution in [-0.2, 0) is 24.4 Å². The normalized spacial score (nSPS) is 11.6. The first-order valence-electron chi connectivity index (χ1n) is 15.8. The predicted octanol–water partition coefficient (Wildman–Crippen LogP) is 7.56. The maximum absolute atomic E-state index is 13.6. The second-order valence-electron chi connectivity index (χ2n) is 11.4. The van der Waals surface area contributed by atoms with Gasteiger partial charge in [-0.15, -0.1) is 0 Å². The van der Waals surface area contributed by atoms with E-state index in [2.05, 4.69) is 57.5 Å². The Hall–Kier alpha value is -5.56. The van der Waals surface area contributed by atoms with Crippen molar-refractivity contribution in [2.24, 2.45) is 0 Å². The van der Waals surface area contributed by atoms with Crippen LogP contribution in [0.3, 0.4) is 0 Å². The van der Waals surface area contributed by atoms with Crippen molar-refractivity contribution in [1.29, 1.82) is 0 Å². The molecule has 0 saturated carbocycles. The van der Waals surface area contributed by atoms with Gasteiger partial charge in [0.15, 0.2) is 11.5 Å². The van der Waals surface area contributed by atoms with Crippen LogP contribution in [-0.4, -0.2) is 36.2 Å². The highest BCUT2D eigenvalue weighted by Gasteiger charge is 2.24. The van der Waals surface area contributed by atoms with Crippen LogP contribution in [0.5, 0.6) is 17.2 Å². The van der Waals surface area contributed by atoms with Crippen molar-refractivity contribution in [2.45, 2.75) is 31.9 Å². The largest absolute Gasteiger partial charge is 0.497 e. The molecule has 238 valence electrons. The van der Waals surface area contributed by atoms with E-state index in [-0.39, 0.29) is 18.2 Å². The molecule has 0 unspecified atom stereocenters. The Morgan fingerprint density at radius 3 is 2.36 bits per heavy atom. The molecule has 0 bridgehead atoms. The minimum atomic E-state index is -0.239. The van der Waals surface area contributed by atoms with Gasteiger partial charge < -0.3 is 24.1 Å². The highest BCUT2D eigenvalue weighted by atomic mass is 16.5. The van der Waals surface area contributed by atoms with Gasteiger partial charge in [-0.05, 0) is 64.7 Å². The molecule has 6 rings (SSSR count). The molecule has 0 aliphatic rings. The molecule has 1 atom stereocenters. The zero-order valence-corrected chi connectivity index (χ0v) is 26.8. The quantitative estimate of drug-likeness (QED) is 0.135. The topological polar surface area (TPSA) is 74.6 Å². The highest BCUT2D eigenvalue weighted by Crippen LogP contribution is 2.39. The molecule has 2 heterocycles. The Kier molecular flexibility index (Phi) is 10.1. The number of fused-ring (bicyclic) bond motifs is 1. The number of carbonyl (C=O) groups is 1. The summed E-state index contributed by atoms with van der Waals surface area (Å²) >= 11 is 0. The number of ether oxygens (including phenoxy) is 3. The summed E-state index contributed by atoms with van der Waals surface area (Å²) in [7, 11) is 3.32. The van der Waals surface area contributed by atoms with Gasteiger partial charge in [0.1, 0.15) is 12.4 Å². The number of para-hydroxylation sites is 1. The molecule has 47 heavy (non-hydrogen) atoms. The average molecular weight is 626 g/mol. The van der Waals surface area contributed by atoms with Crippen molar-refractivity contribution in [1.82, 2.24) is 14.9 Å². The molecule has 2 aromatic heterocycles. The van der Waals surface area contributed by atoms with Crippen LogP contribution in [0.15, 0.2) is 128 Å². The van der Waals surface area contributed by atoms with Crippen molar-refractivity contribution >= 4 is 16.8 Å². The minimum Gasteiger partial charge on any atom is -0.497 e. The Bertz CT molecular complexity index is 1900. The summed E-state index contributed by atoms with van der Waals surface area (Å²) in [6.07, 6.45) is 4.90. The zero-order valence-electron chi connectivity index (χ0n) is 26.8. The second kappa shape index (κ2) is 15.1. The lowest BCUT2D eigenvalue weighted by Crippen LogP contribution is -2.27. The Labute approximate surface area is 275 Å². The predicted molar refractivity (Wildman–Crippen MR) is 185 cm³/mol. The average Bonchev–Trinajstić information content (AvgIpc) is 3.48. The van der Waals surface area contributed by atoms with Gasteiger partial charge in [-0.25, -0.2) is 0 Å². The molecule has 7 nitrogen and oxygen atoms in total. The summed E-state index contributed by atoms with van der Waals surface area (Å²) in [6.45, 7) is 1.60. The van der Waals surface area contributed by atoms with E-state index in [9.17, 15) is 4.79 Å². The molecule has 0 aliphatic heterocycles. The molecular weight excluding hydrogens is 586 g/mol. The highest BCUT2D eigenvalue weighted by molar-refractivity contribution is 5.87. The maximum atomic E-state index is 13.6. The summed E-state index contributed by atoms with van der Waals surface area (Å²) < 4.78 is 19.6. The Morgan fingerprint density at radius 1 is 0.809 bits per heavy atom. The fraction of sp³-hybridized carbons (Fsp3) is 0.200. The first kappa shape index (κ1) is 31.4. The molecule has 0 aliphatic carbocycles. The lowest BCUT2D eigenvalue weighted by Gasteiger charge is -2.20. The van der Waals surface area contributed by atoms with Crippen molar-refractivity contribution in [3.63, 3.8) is 0 Å². The molecular formula is C40H39N3O4. The molecule has 0 radical (unpaired) electrons. The first-order chi connectivity index (χ1) is 23.1. The number of nitrogens with zero attached hydrogens (tertiary/aromatic N) is 2. The molecule has 1 amide bonds. The number of carbonyl (C=O) groups excluding carboxylic acids is 1. The fourth-order valence-electron chi connectivity index (χ4n) is 5.91. The third kappa shape index (κ3) is 7.82. The monoisotopic (exact) mass is 625 g/mol. The van der Waals surface area contributed by atoms with Crippen molar-refractivity contribution in [3.05, 3.63) is 156 Å². The molecule has 0 saturated heterocycles. The number of nitrogens with one attached hydrogen (secondary N) is 1. The van der Waals surface area contributed by atoms with E-state index in [1.165, 1.54) is 0 Å². The van der Waals surface area contributed by atoms with Crippen LogP contribution < -0.4 is 19.5 Å². The van der Waals surface area contributed by atoms with E-state index in [0.717, 1.165) is 44.6 Å². The SMILES string of the molecule is COc1ccc(Cn2cc([C@@H](CC(=O)NCCc3ccccn3)c3ccc(OC)c(OCc4ccccc4)c3)c3ccccc32)cc1. The second-order valence-corrected chi connectivity index (χ2v) is 11.4. The van der Waals surface area contributed by atoms with Gasteiger partial charge in [0.2, 0.25) is 5.91 Å². The summed E-state index contributed by atoms with van der Waals surface area (Å²) in [4.78, 5) is 18.0. The van der Waals surface area contributed by atoms with Crippen molar-refractivity contribution < 1.29 is 19.0 Å². The molecule has 0 spiro atoms. The molecule has 1 N–H and O–H groups in total. The van der Waals surface area contributed by atoms with Crippen LogP contribution in [0.4, 0.5) is 0 Å². The van der Waals surface area contributed by atoms with Crippen LogP contribution in [0.2, 0.25) is 0 Å². The van der Waals surface area contributed by atoms with Crippen LogP contribution in [0.25, 0.3) is 10.9 Å². The summed E-state index contributed by atoms with van der Waals surface area (Å²) in [5.41, 5.74) is 6.32. The van der Waals surface area contributed by atoms with E-state index < -0.39 is 0 Å². The number of hydrogen-bond donors (Lipinski definition) is 1. The fourth-order valence-corrected chi connectivity index (χ4v) is 5.91. The number of amides is 1. The number of rotatable bonds is 14. The van der Waals surface area contributed by atoms with Gasteiger partial charge in [0.05, 0.1) is 14.2 Å². The van der Waals surface area contributed by atoms with Crippen LogP contribution in [0, 0.1) is 0 Å². The molecule has 4 aromatic carbocycles. The minimum absolute atomic E-state index is 0.0273. The summed E-state index contributed by atoms with van der Waals surface area (Å²) in [6, 6.07) is 38.4. The third-order valence-electron chi connectivity index (χ3n) is 8.35. The Balaban J connectivity index is 1.34. The van der Waals surface area contributed by atoms with Gasteiger partial charge in [0, 0.05) is 60.8 Å². The maximum Gasteiger partial charge on any atom is 0.220 e. The van der Waals surface area contributed by atoms with Gasteiger partial charge in [-0.1, -0.05) is 72.8 Å². The Morgan fingerprint density at radius 2 is 1.60 bits per heavy atom. The number of aromatic nitrogens is 2. The van der Waals surface area contributed by atoms with E-state index in [0.29, 0.717) is 37.6 Å². The first-order valence-corrected chi connectivity index (χ1v) is 15.8. The third-order valence-corrected chi connectivity index (χ3v) is 8.35. The summed E-state index contributed by atoms with van der Waals surface area (Å²) in [5, 5.41) is 4.24. The van der Waals surface area contributed by atoms with E-state index in [4.69, 9.17) is 14.2 Å².